The number of ketones is 1. The molecule has 1 N–H and O–H groups in total. The fraction of sp³-hybridized carbons (Fsp3) is 0.167. The van der Waals surface area contributed by atoms with Crippen LogP contribution >= 0.6 is 15.9 Å². The molecule has 1 heterocycles. The van der Waals surface area contributed by atoms with E-state index >= 15 is 0 Å². The SMILES string of the molecule is CC(=O)NCC(=O)c1cc2cc(Br)ccc2o1. The molecule has 0 saturated carbocycles. The van der Waals surface area contributed by atoms with Crippen molar-refractivity contribution in [1.82, 2.24) is 5.32 Å². The highest BCUT2D eigenvalue weighted by Gasteiger charge is 2.12. The van der Waals surface area contributed by atoms with Crippen LogP contribution in [0, 0.1) is 0 Å². The first kappa shape index (κ1) is 11.9. The lowest BCUT2D eigenvalue weighted by molar-refractivity contribution is -0.118. The first-order valence-electron chi connectivity index (χ1n) is 5.03. The number of carbonyl (C=O) groups is 2. The third-order valence-corrected chi connectivity index (χ3v) is 2.74. The maximum Gasteiger partial charge on any atom is 0.217 e. The van der Waals surface area contributed by atoms with Gasteiger partial charge >= 0.3 is 0 Å². The Hall–Kier alpha value is -1.62. The minimum Gasteiger partial charge on any atom is -0.453 e. The van der Waals surface area contributed by atoms with Gasteiger partial charge in [0, 0.05) is 16.8 Å². The van der Waals surface area contributed by atoms with Gasteiger partial charge in [-0.1, -0.05) is 15.9 Å². The van der Waals surface area contributed by atoms with Gasteiger partial charge in [-0.05, 0) is 24.3 Å². The second-order valence-electron chi connectivity index (χ2n) is 3.63. The van der Waals surface area contributed by atoms with Crippen molar-refractivity contribution in [3.05, 3.63) is 34.5 Å². The number of amides is 1. The summed E-state index contributed by atoms with van der Waals surface area (Å²) >= 11 is 3.34. The maximum atomic E-state index is 11.7. The first-order chi connectivity index (χ1) is 8.06. The van der Waals surface area contributed by atoms with Gasteiger partial charge in [-0.2, -0.15) is 0 Å². The summed E-state index contributed by atoms with van der Waals surface area (Å²) in [6.07, 6.45) is 0. The van der Waals surface area contributed by atoms with Crippen LogP contribution in [0.1, 0.15) is 17.5 Å². The van der Waals surface area contributed by atoms with Gasteiger partial charge in [0.15, 0.2) is 5.76 Å². The fourth-order valence-corrected chi connectivity index (χ4v) is 1.82. The molecule has 4 nitrogen and oxygen atoms in total. The van der Waals surface area contributed by atoms with Crippen molar-refractivity contribution in [1.29, 1.82) is 0 Å². The number of Topliss-reactive ketones (excluding diaryl/α,β-unsaturated/α-hetero) is 1. The molecule has 0 saturated heterocycles. The molecule has 5 heteroatoms. The molecule has 0 aliphatic rings. The monoisotopic (exact) mass is 295 g/mol. The summed E-state index contributed by atoms with van der Waals surface area (Å²) in [5.41, 5.74) is 0.652. The number of fused-ring (bicyclic) bond motifs is 1. The maximum absolute atomic E-state index is 11.7. The van der Waals surface area contributed by atoms with Crippen molar-refractivity contribution < 1.29 is 14.0 Å². The van der Waals surface area contributed by atoms with Gasteiger partial charge in [-0.3, -0.25) is 9.59 Å². The third kappa shape index (κ3) is 2.74. The quantitative estimate of drug-likeness (QED) is 0.885. The highest BCUT2D eigenvalue weighted by molar-refractivity contribution is 9.10. The second kappa shape index (κ2) is 4.71. The molecule has 0 unspecified atom stereocenters. The Bertz CT molecular complexity index is 588. The van der Waals surface area contributed by atoms with Crippen molar-refractivity contribution in [3.63, 3.8) is 0 Å². The highest BCUT2D eigenvalue weighted by atomic mass is 79.9. The van der Waals surface area contributed by atoms with E-state index in [4.69, 9.17) is 4.42 Å². The van der Waals surface area contributed by atoms with E-state index in [2.05, 4.69) is 21.2 Å². The summed E-state index contributed by atoms with van der Waals surface area (Å²) in [5, 5.41) is 3.29. The van der Waals surface area contributed by atoms with Crippen LogP contribution in [0.15, 0.2) is 33.2 Å². The smallest absolute Gasteiger partial charge is 0.217 e. The second-order valence-corrected chi connectivity index (χ2v) is 4.54. The molecule has 0 aliphatic heterocycles. The van der Waals surface area contributed by atoms with E-state index in [1.54, 1.807) is 12.1 Å². The van der Waals surface area contributed by atoms with Gasteiger partial charge < -0.3 is 9.73 Å². The lowest BCUT2D eigenvalue weighted by Gasteiger charge is -1.97. The fourth-order valence-electron chi connectivity index (χ4n) is 1.44. The number of hydrogen-bond donors (Lipinski definition) is 1. The Kier molecular flexibility index (Phi) is 3.28. The number of rotatable bonds is 3. The summed E-state index contributed by atoms with van der Waals surface area (Å²) in [6, 6.07) is 7.17. The zero-order chi connectivity index (χ0) is 12.4. The van der Waals surface area contributed by atoms with Gasteiger partial charge in [-0.25, -0.2) is 0 Å². The Morgan fingerprint density at radius 3 is 2.82 bits per heavy atom. The van der Waals surface area contributed by atoms with Crippen LogP contribution in [0.4, 0.5) is 0 Å². The molecule has 0 bridgehead atoms. The van der Waals surface area contributed by atoms with Crippen LogP contribution in [-0.4, -0.2) is 18.2 Å². The number of halogens is 1. The summed E-state index contributed by atoms with van der Waals surface area (Å²) in [5.74, 6) is -0.225. The normalized spacial score (nSPS) is 10.5. The minimum absolute atomic E-state index is 0.0453. The summed E-state index contributed by atoms with van der Waals surface area (Å²) in [6.45, 7) is 1.32. The topological polar surface area (TPSA) is 59.3 Å². The third-order valence-electron chi connectivity index (χ3n) is 2.25. The molecule has 1 aromatic heterocycles. The molecule has 17 heavy (non-hydrogen) atoms. The Morgan fingerprint density at radius 2 is 2.12 bits per heavy atom. The Balaban J connectivity index is 2.24. The highest BCUT2D eigenvalue weighted by Crippen LogP contribution is 2.23. The van der Waals surface area contributed by atoms with E-state index < -0.39 is 0 Å². The van der Waals surface area contributed by atoms with E-state index in [-0.39, 0.29) is 24.0 Å². The van der Waals surface area contributed by atoms with Gasteiger partial charge in [-0.15, -0.1) is 0 Å². The molecule has 0 spiro atoms. The Labute approximate surface area is 106 Å². The van der Waals surface area contributed by atoms with E-state index in [1.807, 2.05) is 12.1 Å². The van der Waals surface area contributed by atoms with Crippen molar-refractivity contribution in [2.45, 2.75) is 6.92 Å². The lowest BCUT2D eigenvalue weighted by Crippen LogP contribution is -2.26. The number of nitrogens with one attached hydrogen (secondary N) is 1. The van der Waals surface area contributed by atoms with Gasteiger partial charge in [0.2, 0.25) is 11.7 Å². The number of benzene rings is 1. The van der Waals surface area contributed by atoms with Crippen molar-refractivity contribution in [2.24, 2.45) is 0 Å². The van der Waals surface area contributed by atoms with Crippen molar-refractivity contribution >= 4 is 38.6 Å². The van der Waals surface area contributed by atoms with E-state index in [0.29, 0.717) is 5.58 Å². The number of furan rings is 1. The molecule has 0 radical (unpaired) electrons. The van der Waals surface area contributed by atoms with E-state index in [0.717, 1.165) is 9.86 Å². The largest absolute Gasteiger partial charge is 0.453 e. The molecular formula is C12H10BrNO3. The molecule has 2 aromatic rings. The van der Waals surface area contributed by atoms with Gasteiger partial charge in [0.05, 0.1) is 6.54 Å². The number of carbonyl (C=O) groups excluding carboxylic acids is 2. The predicted molar refractivity (Wildman–Crippen MR) is 66.9 cm³/mol. The van der Waals surface area contributed by atoms with Crippen LogP contribution in [-0.2, 0) is 4.79 Å². The molecule has 1 amide bonds. The van der Waals surface area contributed by atoms with Crippen LogP contribution < -0.4 is 5.32 Å². The van der Waals surface area contributed by atoms with Crippen molar-refractivity contribution in [3.8, 4) is 0 Å². The first-order valence-corrected chi connectivity index (χ1v) is 5.82. The van der Waals surface area contributed by atoms with Crippen LogP contribution in [0.3, 0.4) is 0 Å². The molecule has 0 fully saturated rings. The minimum atomic E-state index is -0.243. The average molecular weight is 296 g/mol. The standard InChI is InChI=1S/C12H10BrNO3/c1-7(15)14-6-10(16)12-5-8-4-9(13)2-3-11(8)17-12/h2-5H,6H2,1H3,(H,14,15). The summed E-state index contributed by atoms with van der Waals surface area (Å²) in [7, 11) is 0. The Morgan fingerprint density at radius 1 is 1.35 bits per heavy atom. The molecular weight excluding hydrogens is 286 g/mol. The van der Waals surface area contributed by atoms with Crippen LogP contribution in [0.2, 0.25) is 0 Å². The van der Waals surface area contributed by atoms with Crippen molar-refractivity contribution in [2.75, 3.05) is 6.54 Å². The van der Waals surface area contributed by atoms with Gasteiger partial charge in [0.1, 0.15) is 5.58 Å². The van der Waals surface area contributed by atoms with E-state index in [1.165, 1.54) is 6.92 Å². The summed E-state index contributed by atoms with van der Waals surface area (Å²) < 4.78 is 6.32. The van der Waals surface area contributed by atoms with E-state index in [9.17, 15) is 9.59 Å². The van der Waals surface area contributed by atoms with Crippen LogP contribution in [0.25, 0.3) is 11.0 Å². The predicted octanol–water partition coefficient (Wildman–Crippen LogP) is 2.51. The van der Waals surface area contributed by atoms with Gasteiger partial charge in [0.25, 0.3) is 0 Å². The average Bonchev–Trinajstić information content (AvgIpc) is 2.68. The lowest BCUT2D eigenvalue weighted by atomic mass is 10.2. The summed E-state index contributed by atoms with van der Waals surface area (Å²) in [4.78, 5) is 22.4. The zero-order valence-corrected chi connectivity index (χ0v) is 10.7. The molecule has 2 rings (SSSR count). The molecule has 1 aromatic carbocycles. The molecule has 0 aliphatic carbocycles. The molecule has 88 valence electrons. The zero-order valence-electron chi connectivity index (χ0n) is 9.12. The number of hydrogen-bond acceptors (Lipinski definition) is 3. The molecule has 0 atom stereocenters. The van der Waals surface area contributed by atoms with Crippen LogP contribution in [0.5, 0.6) is 0 Å².